The van der Waals surface area contributed by atoms with Crippen molar-refractivity contribution in [2.45, 2.75) is 46.3 Å². The summed E-state index contributed by atoms with van der Waals surface area (Å²) in [5.74, 6) is 1.67. The Morgan fingerprint density at radius 3 is 2.29 bits per heavy atom. The quantitative estimate of drug-likeness (QED) is 0.617. The first-order chi connectivity index (χ1) is 7.60. The fraction of sp³-hybridized carbons (Fsp3) is 0.692. The fourth-order valence-corrected chi connectivity index (χ4v) is 2.13. The first kappa shape index (κ1) is 15.7. The van der Waals surface area contributed by atoms with E-state index in [0.717, 1.165) is 0 Å². The van der Waals surface area contributed by atoms with Gasteiger partial charge >= 0.3 is 5.97 Å². The van der Waals surface area contributed by atoms with Crippen LogP contribution >= 0.6 is 0 Å². The van der Waals surface area contributed by atoms with Crippen LogP contribution in [0.2, 0.25) is 19.6 Å². The Bertz CT molecular complexity index is 377. The van der Waals surface area contributed by atoms with Crippen molar-refractivity contribution >= 4 is 14.0 Å². The normalized spacial score (nSPS) is 13.2. The molecule has 1 N–H and O–H groups in total. The summed E-state index contributed by atoms with van der Waals surface area (Å²) in [6, 6.07) is 1.99. The van der Waals surface area contributed by atoms with E-state index >= 15 is 0 Å². The van der Waals surface area contributed by atoms with E-state index in [1.165, 1.54) is 0 Å². The molecule has 0 aliphatic heterocycles. The Kier molecular flexibility index (Phi) is 5.45. The van der Waals surface area contributed by atoms with Gasteiger partial charge in [0.05, 0.1) is 12.0 Å². The second-order valence-electron chi connectivity index (χ2n) is 5.81. The van der Waals surface area contributed by atoms with Gasteiger partial charge in [-0.2, -0.15) is 5.26 Å². The Morgan fingerprint density at radius 2 is 1.94 bits per heavy atom. The van der Waals surface area contributed by atoms with Gasteiger partial charge in [-0.3, -0.25) is 4.79 Å². The Morgan fingerprint density at radius 1 is 1.41 bits per heavy atom. The zero-order valence-corrected chi connectivity index (χ0v) is 12.3. The molecule has 1 atom stereocenters. The van der Waals surface area contributed by atoms with Gasteiger partial charge in [0, 0.05) is 11.8 Å². The van der Waals surface area contributed by atoms with Crippen LogP contribution in [-0.4, -0.2) is 19.1 Å². The third-order valence-electron chi connectivity index (χ3n) is 2.47. The minimum absolute atomic E-state index is 0.259. The van der Waals surface area contributed by atoms with E-state index < -0.39 is 25.4 Å². The van der Waals surface area contributed by atoms with E-state index in [4.69, 9.17) is 5.26 Å². The number of nitriles is 1. The number of rotatable bonds is 4. The van der Waals surface area contributed by atoms with Gasteiger partial charge in [0.25, 0.3) is 0 Å². The van der Waals surface area contributed by atoms with Gasteiger partial charge in [0.1, 0.15) is 8.07 Å². The molecular formula is C13H21NO2Si. The van der Waals surface area contributed by atoms with E-state index in [1.807, 2.05) is 19.9 Å². The maximum atomic E-state index is 11.2. The summed E-state index contributed by atoms with van der Waals surface area (Å²) in [6.07, 6.45) is 0.619. The van der Waals surface area contributed by atoms with Crippen molar-refractivity contribution < 1.29 is 9.90 Å². The zero-order chi connectivity index (χ0) is 13.7. The lowest BCUT2D eigenvalue weighted by Gasteiger charge is -2.26. The molecular weight excluding hydrogens is 230 g/mol. The van der Waals surface area contributed by atoms with Crippen LogP contribution in [-0.2, 0) is 4.79 Å². The summed E-state index contributed by atoms with van der Waals surface area (Å²) in [5, 5.41) is 17.7. The number of hydrogen-bond donors (Lipinski definition) is 1. The van der Waals surface area contributed by atoms with Crippen molar-refractivity contribution in [2.75, 3.05) is 0 Å². The molecule has 0 radical (unpaired) electrons. The molecule has 0 aliphatic rings. The average Bonchev–Trinajstić information content (AvgIpc) is 2.14. The monoisotopic (exact) mass is 251 g/mol. The highest BCUT2D eigenvalue weighted by molar-refractivity contribution is 6.83. The molecule has 0 spiro atoms. The number of carboxylic acids is 1. The molecule has 0 aromatic heterocycles. The van der Waals surface area contributed by atoms with Crippen LogP contribution in [0, 0.1) is 34.1 Å². The molecule has 4 heteroatoms. The van der Waals surface area contributed by atoms with Crippen molar-refractivity contribution in [1.82, 2.24) is 0 Å². The predicted molar refractivity (Wildman–Crippen MR) is 70.9 cm³/mol. The van der Waals surface area contributed by atoms with Gasteiger partial charge in [-0.05, 0) is 20.3 Å². The van der Waals surface area contributed by atoms with Crippen LogP contribution < -0.4 is 0 Å². The second-order valence-corrected chi connectivity index (χ2v) is 10.6. The van der Waals surface area contributed by atoms with Crippen LogP contribution in [0.1, 0.15) is 26.7 Å². The van der Waals surface area contributed by atoms with E-state index in [2.05, 4.69) is 31.1 Å². The van der Waals surface area contributed by atoms with Gasteiger partial charge in [-0.25, -0.2) is 0 Å². The number of aliphatic carboxylic acids is 1. The van der Waals surface area contributed by atoms with Crippen LogP contribution in [0.4, 0.5) is 0 Å². The summed E-state index contributed by atoms with van der Waals surface area (Å²) < 4.78 is 0. The van der Waals surface area contributed by atoms with Gasteiger partial charge < -0.3 is 5.11 Å². The van der Waals surface area contributed by atoms with Crippen LogP contribution in [0.15, 0.2) is 0 Å². The van der Waals surface area contributed by atoms with Crippen LogP contribution in [0.25, 0.3) is 0 Å². The molecule has 0 heterocycles. The SMILES string of the molecule is CC(C)(C#C[Si](C)(C)C)[C@H](CCC#N)C(=O)O. The second kappa shape index (κ2) is 5.89. The Balaban J connectivity index is 5.01. The third kappa shape index (κ3) is 6.14. The molecule has 3 nitrogen and oxygen atoms in total. The smallest absolute Gasteiger partial charge is 0.308 e. The molecule has 0 saturated carbocycles. The van der Waals surface area contributed by atoms with Gasteiger partial charge in [0.2, 0.25) is 0 Å². The lowest BCUT2D eigenvalue weighted by atomic mass is 9.77. The summed E-state index contributed by atoms with van der Waals surface area (Å²) in [7, 11) is -1.50. The minimum atomic E-state index is -1.50. The van der Waals surface area contributed by atoms with E-state index in [9.17, 15) is 9.90 Å². The van der Waals surface area contributed by atoms with Gasteiger partial charge in [-0.1, -0.05) is 19.6 Å². The van der Waals surface area contributed by atoms with E-state index in [-0.39, 0.29) is 6.42 Å². The first-order valence-electron chi connectivity index (χ1n) is 5.74. The lowest BCUT2D eigenvalue weighted by molar-refractivity contribution is -0.144. The number of nitrogens with zero attached hydrogens (tertiary/aromatic N) is 1. The summed E-state index contributed by atoms with van der Waals surface area (Å²) in [6.45, 7) is 10.1. The maximum Gasteiger partial charge on any atom is 0.308 e. The van der Waals surface area contributed by atoms with Crippen molar-refractivity contribution in [3.05, 3.63) is 0 Å². The summed E-state index contributed by atoms with van der Waals surface area (Å²) >= 11 is 0. The molecule has 0 rings (SSSR count). The summed E-state index contributed by atoms with van der Waals surface area (Å²) in [4.78, 5) is 11.2. The zero-order valence-electron chi connectivity index (χ0n) is 11.3. The molecule has 17 heavy (non-hydrogen) atoms. The highest BCUT2D eigenvalue weighted by Gasteiger charge is 2.33. The van der Waals surface area contributed by atoms with Crippen molar-refractivity contribution in [2.24, 2.45) is 11.3 Å². The van der Waals surface area contributed by atoms with Crippen molar-refractivity contribution in [3.63, 3.8) is 0 Å². The standard InChI is InChI=1S/C13H21NO2Si/c1-13(2,8-10-17(3,4)5)11(12(15)16)7-6-9-14/h11H,6-7H2,1-5H3,(H,15,16)/t11-/m1/s1. The lowest BCUT2D eigenvalue weighted by Crippen LogP contribution is -2.30. The van der Waals surface area contributed by atoms with Crippen molar-refractivity contribution in [3.8, 4) is 17.5 Å². The molecule has 0 aromatic rings. The Labute approximate surface area is 105 Å². The van der Waals surface area contributed by atoms with Gasteiger partial charge in [-0.15, -0.1) is 11.5 Å². The number of hydrogen-bond acceptors (Lipinski definition) is 2. The molecule has 0 unspecified atom stereocenters. The maximum absolute atomic E-state index is 11.2. The van der Waals surface area contributed by atoms with E-state index in [1.54, 1.807) is 0 Å². The summed E-state index contributed by atoms with van der Waals surface area (Å²) in [5.41, 5.74) is 2.64. The molecule has 0 saturated heterocycles. The number of carboxylic acid groups (broad SMARTS) is 1. The molecule has 0 aliphatic carbocycles. The highest BCUT2D eigenvalue weighted by Crippen LogP contribution is 2.30. The fourth-order valence-electron chi connectivity index (χ4n) is 1.44. The number of carbonyl (C=O) groups is 1. The van der Waals surface area contributed by atoms with Gasteiger partial charge in [0.15, 0.2) is 0 Å². The topological polar surface area (TPSA) is 61.1 Å². The first-order valence-corrected chi connectivity index (χ1v) is 9.24. The molecule has 0 aromatic carbocycles. The predicted octanol–water partition coefficient (Wildman–Crippen LogP) is 2.90. The highest BCUT2D eigenvalue weighted by atomic mass is 28.3. The third-order valence-corrected chi connectivity index (χ3v) is 3.35. The molecule has 0 bridgehead atoms. The molecule has 0 amide bonds. The Hall–Kier alpha value is -1.26. The largest absolute Gasteiger partial charge is 0.481 e. The van der Waals surface area contributed by atoms with Crippen molar-refractivity contribution in [1.29, 1.82) is 5.26 Å². The molecule has 0 fully saturated rings. The minimum Gasteiger partial charge on any atom is -0.481 e. The van der Waals surface area contributed by atoms with Crippen LogP contribution in [0.3, 0.4) is 0 Å². The van der Waals surface area contributed by atoms with Crippen LogP contribution in [0.5, 0.6) is 0 Å². The van der Waals surface area contributed by atoms with E-state index in [0.29, 0.717) is 6.42 Å². The average molecular weight is 251 g/mol. The molecule has 94 valence electrons.